The summed E-state index contributed by atoms with van der Waals surface area (Å²) in [6.07, 6.45) is 13.3. The minimum atomic E-state index is -0.0901. The van der Waals surface area contributed by atoms with Crippen molar-refractivity contribution in [1.82, 2.24) is 14.7 Å². The molecule has 6 fully saturated rings. The van der Waals surface area contributed by atoms with Crippen LogP contribution in [0.1, 0.15) is 80.1 Å². The van der Waals surface area contributed by atoms with Gasteiger partial charge in [-0.05, 0) is 122 Å². The number of hydrogen-bond donors (Lipinski definition) is 0. The van der Waals surface area contributed by atoms with Gasteiger partial charge in [0.1, 0.15) is 0 Å². The molecular weight excluding hydrogens is 629 g/mol. The Bertz CT molecular complexity index is 1430. The van der Waals surface area contributed by atoms with E-state index in [2.05, 4.69) is 14.7 Å². The van der Waals surface area contributed by atoms with E-state index in [1.165, 1.54) is 44.9 Å². The Kier molecular flexibility index (Phi) is 9.32. The Balaban J connectivity index is 0.886. The molecule has 2 amide bonds. The molecule has 3 saturated carbocycles. The van der Waals surface area contributed by atoms with Crippen molar-refractivity contribution < 1.29 is 14.3 Å². The molecular formula is C39H49Cl2N3O3. The molecule has 5 atom stereocenters. The smallest absolute Gasteiger partial charge is 0.253 e. The van der Waals surface area contributed by atoms with Crippen LogP contribution in [0.25, 0.3) is 11.1 Å². The third-order valence-electron chi connectivity index (χ3n) is 12.9. The van der Waals surface area contributed by atoms with Crippen molar-refractivity contribution in [2.24, 2.45) is 29.6 Å². The quantitative estimate of drug-likeness (QED) is 0.316. The first-order valence-corrected chi connectivity index (χ1v) is 19.2. The van der Waals surface area contributed by atoms with Gasteiger partial charge in [-0.15, -0.1) is 0 Å². The summed E-state index contributed by atoms with van der Waals surface area (Å²) >= 11 is 13.6. The van der Waals surface area contributed by atoms with Crippen molar-refractivity contribution in [3.05, 3.63) is 57.6 Å². The fourth-order valence-electron chi connectivity index (χ4n) is 10.5. The van der Waals surface area contributed by atoms with E-state index in [-0.39, 0.29) is 23.8 Å². The first-order valence-electron chi connectivity index (χ1n) is 18.4. The molecule has 4 unspecified atom stereocenters. The summed E-state index contributed by atoms with van der Waals surface area (Å²) in [5, 5.41) is 1.18. The van der Waals surface area contributed by atoms with Gasteiger partial charge in [-0.3, -0.25) is 14.5 Å². The van der Waals surface area contributed by atoms with Gasteiger partial charge in [0.05, 0.1) is 0 Å². The van der Waals surface area contributed by atoms with Crippen molar-refractivity contribution in [3.63, 3.8) is 0 Å². The SMILES string of the molecule is O=C(c1ccc(-c2cc(Cl)c(C[C@@H]3CCN(C4CCOCC4)C3=O)c(Cl)c2)cc1)N1CCN(C2C3CCC(CC4CCC2C4)C3)CC1. The molecule has 47 heavy (non-hydrogen) atoms. The summed E-state index contributed by atoms with van der Waals surface area (Å²) in [4.78, 5) is 33.7. The molecule has 0 spiro atoms. The molecule has 3 heterocycles. The normalized spacial score (nSPS) is 31.7. The van der Waals surface area contributed by atoms with Gasteiger partial charge in [-0.2, -0.15) is 0 Å². The fourth-order valence-corrected chi connectivity index (χ4v) is 11.1. The number of ether oxygens (including phenoxy) is 1. The summed E-state index contributed by atoms with van der Waals surface area (Å²) in [5.41, 5.74) is 3.46. The molecule has 6 nitrogen and oxygen atoms in total. The molecule has 8 heteroatoms. The number of benzene rings is 2. The molecule has 2 aromatic rings. The second-order valence-electron chi connectivity index (χ2n) is 15.5. The van der Waals surface area contributed by atoms with Crippen LogP contribution in [0.4, 0.5) is 0 Å². The highest BCUT2D eigenvalue weighted by Crippen LogP contribution is 2.50. The predicted molar refractivity (Wildman–Crippen MR) is 187 cm³/mol. The van der Waals surface area contributed by atoms with Gasteiger partial charge in [-0.1, -0.05) is 48.2 Å². The third-order valence-corrected chi connectivity index (χ3v) is 13.5. The molecule has 252 valence electrons. The summed E-state index contributed by atoms with van der Waals surface area (Å²) in [5.74, 6) is 3.93. The largest absolute Gasteiger partial charge is 0.381 e. The van der Waals surface area contributed by atoms with Crippen LogP contribution in [0.3, 0.4) is 0 Å². The first kappa shape index (κ1) is 32.1. The van der Waals surface area contributed by atoms with E-state index < -0.39 is 0 Å². The average molecular weight is 679 g/mol. The molecule has 3 aliphatic carbocycles. The van der Waals surface area contributed by atoms with Crippen LogP contribution < -0.4 is 0 Å². The van der Waals surface area contributed by atoms with Gasteiger partial charge in [0.25, 0.3) is 5.91 Å². The summed E-state index contributed by atoms with van der Waals surface area (Å²) in [6, 6.07) is 12.8. The topological polar surface area (TPSA) is 53.1 Å². The lowest BCUT2D eigenvalue weighted by Gasteiger charge is -2.45. The van der Waals surface area contributed by atoms with E-state index in [0.717, 1.165) is 117 Å². The zero-order valence-electron chi connectivity index (χ0n) is 27.6. The van der Waals surface area contributed by atoms with Crippen LogP contribution >= 0.6 is 23.2 Å². The lowest BCUT2D eigenvalue weighted by Crippen LogP contribution is -2.55. The highest BCUT2D eigenvalue weighted by atomic mass is 35.5. The number of halogens is 2. The maximum absolute atomic E-state index is 13.6. The summed E-state index contributed by atoms with van der Waals surface area (Å²) in [7, 11) is 0. The van der Waals surface area contributed by atoms with Crippen LogP contribution in [-0.4, -0.2) is 84.5 Å². The van der Waals surface area contributed by atoms with Gasteiger partial charge in [-0.25, -0.2) is 0 Å². The van der Waals surface area contributed by atoms with Gasteiger partial charge in [0.2, 0.25) is 5.91 Å². The molecule has 6 aliphatic rings. The van der Waals surface area contributed by atoms with E-state index in [4.69, 9.17) is 27.9 Å². The second kappa shape index (κ2) is 13.7. The maximum Gasteiger partial charge on any atom is 0.253 e. The number of rotatable bonds is 6. The zero-order valence-corrected chi connectivity index (χ0v) is 29.1. The van der Waals surface area contributed by atoms with E-state index in [1.807, 2.05) is 36.4 Å². The van der Waals surface area contributed by atoms with Gasteiger partial charge < -0.3 is 14.5 Å². The molecule has 0 N–H and O–H groups in total. The van der Waals surface area contributed by atoms with Crippen molar-refractivity contribution >= 4 is 35.0 Å². The highest BCUT2D eigenvalue weighted by molar-refractivity contribution is 6.36. The number of carbonyl (C=O) groups is 2. The lowest BCUT2D eigenvalue weighted by atomic mass is 9.80. The van der Waals surface area contributed by atoms with E-state index in [9.17, 15) is 9.59 Å². The molecule has 8 rings (SSSR count). The van der Waals surface area contributed by atoms with Crippen LogP contribution in [0.5, 0.6) is 0 Å². The minimum Gasteiger partial charge on any atom is -0.381 e. The average Bonchev–Trinajstić information content (AvgIpc) is 3.85. The fraction of sp³-hybridized carbons (Fsp3) is 0.641. The lowest BCUT2D eigenvalue weighted by molar-refractivity contribution is -0.134. The number of likely N-dealkylation sites (tertiary alicyclic amines) is 1. The molecule has 0 radical (unpaired) electrons. The predicted octanol–water partition coefficient (Wildman–Crippen LogP) is 7.59. The van der Waals surface area contributed by atoms with Gasteiger partial charge in [0, 0.05) is 79.5 Å². The molecule has 3 saturated heterocycles. The standard InChI is InChI=1S/C39H49Cl2N3O3/c40-35-23-32(24-36(41)34(35)22-31-9-12-44(39(31)46)33-10-17-47-18-11-33)27-5-7-28(8-6-27)38(45)43-15-13-42(14-16-43)37-29-3-1-25(20-29)19-26-2-4-30(37)21-26/h5-8,23-26,29-31,33,37H,1-4,9-22H2/t25?,26?,29?,30?,31-,37?/m0/s1. The van der Waals surface area contributed by atoms with E-state index in [1.54, 1.807) is 0 Å². The number of amides is 2. The summed E-state index contributed by atoms with van der Waals surface area (Å²) < 4.78 is 5.49. The highest BCUT2D eigenvalue weighted by Gasteiger charge is 2.45. The Hall–Kier alpha value is -2.12. The van der Waals surface area contributed by atoms with E-state index >= 15 is 0 Å². The number of carbonyl (C=O) groups excluding carboxylic acids is 2. The van der Waals surface area contributed by atoms with Gasteiger partial charge >= 0.3 is 0 Å². The number of hydrogen-bond acceptors (Lipinski definition) is 4. The second-order valence-corrected chi connectivity index (χ2v) is 16.3. The number of fused-ring (bicyclic) bond motifs is 4. The Morgan fingerprint density at radius 1 is 0.745 bits per heavy atom. The van der Waals surface area contributed by atoms with Crippen LogP contribution in [0, 0.1) is 29.6 Å². The molecule has 2 aromatic carbocycles. The first-order chi connectivity index (χ1) is 22.9. The zero-order chi connectivity index (χ0) is 32.1. The number of piperazine rings is 1. The summed E-state index contributed by atoms with van der Waals surface area (Å²) in [6.45, 7) is 5.88. The Morgan fingerprint density at radius 3 is 2.02 bits per heavy atom. The Morgan fingerprint density at radius 2 is 1.38 bits per heavy atom. The third kappa shape index (κ3) is 6.49. The monoisotopic (exact) mass is 677 g/mol. The molecule has 4 bridgehead atoms. The minimum absolute atomic E-state index is 0.0901. The molecule has 0 aromatic heterocycles. The van der Waals surface area contributed by atoms with Crippen LogP contribution in [0.2, 0.25) is 10.0 Å². The van der Waals surface area contributed by atoms with Crippen molar-refractivity contribution in [3.8, 4) is 11.1 Å². The number of nitrogens with zero attached hydrogens (tertiary/aromatic N) is 3. The Labute approximate surface area is 290 Å². The van der Waals surface area contributed by atoms with Gasteiger partial charge in [0.15, 0.2) is 0 Å². The molecule has 3 aliphatic heterocycles. The van der Waals surface area contributed by atoms with Crippen molar-refractivity contribution in [1.29, 1.82) is 0 Å². The van der Waals surface area contributed by atoms with Crippen LogP contribution in [0.15, 0.2) is 36.4 Å². The van der Waals surface area contributed by atoms with Crippen molar-refractivity contribution in [2.75, 3.05) is 45.9 Å². The van der Waals surface area contributed by atoms with E-state index in [0.29, 0.717) is 16.5 Å². The van der Waals surface area contributed by atoms with Crippen molar-refractivity contribution in [2.45, 2.75) is 82.7 Å². The van der Waals surface area contributed by atoms with Crippen LogP contribution in [-0.2, 0) is 16.0 Å². The maximum atomic E-state index is 13.6.